The Labute approximate surface area is 146 Å². The van der Waals surface area contributed by atoms with Gasteiger partial charge in [0.1, 0.15) is 5.75 Å². The van der Waals surface area contributed by atoms with E-state index in [1.165, 1.54) is 12.1 Å². The largest absolute Gasteiger partial charge is 0.573 e. The van der Waals surface area contributed by atoms with Crippen molar-refractivity contribution in [2.75, 3.05) is 18.0 Å². The highest BCUT2D eigenvalue weighted by Crippen LogP contribution is 2.27. The lowest BCUT2D eigenvalue weighted by molar-refractivity contribution is -0.274. The third-order valence-corrected chi connectivity index (χ3v) is 4.70. The summed E-state index contributed by atoms with van der Waals surface area (Å²) in [4.78, 5) is 18.7. The zero-order valence-electron chi connectivity index (χ0n) is 13.1. The first-order valence-corrected chi connectivity index (χ1v) is 8.60. The highest BCUT2D eigenvalue weighted by atomic mass is 32.1. The standard InChI is InChI=1S/C16H16F3N3O2S/c17-16(18,19)24-13-5-3-11(4-6-13)14(23)21-10-12-2-1-8-22(12)15-20-7-9-25-15/h3-7,9,12H,1-2,8,10H2,(H,21,23). The number of carbonyl (C=O) groups is 1. The van der Waals surface area contributed by atoms with Crippen LogP contribution >= 0.6 is 11.3 Å². The van der Waals surface area contributed by atoms with E-state index in [2.05, 4.69) is 19.9 Å². The Morgan fingerprint density at radius 3 is 2.76 bits per heavy atom. The van der Waals surface area contributed by atoms with Crippen LogP contribution < -0.4 is 15.0 Å². The van der Waals surface area contributed by atoms with Crippen molar-refractivity contribution in [1.82, 2.24) is 10.3 Å². The van der Waals surface area contributed by atoms with Crippen LogP contribution in [0.3, 0.4) is 0 Å². The molecular formula is C16H16F3N3O2S. The van der Waals surface area contributed by atoms with Gasteiger partial charge >= 0.3 is 6.36 Å². The number of thiazole rings is 1. The molecule has 25 heavy (non-hydrogen) atoms. The summed E-state index contributed by atoms with van der Waals surface area (Å²) in [5, 5.41) is 5.68. The van der Waals surface area contributed by atoms with Gasteiger partial charge in [0.05, 0.1) is 0 Å². The smallest absolute Gasteiger partial charge is 0.406 e. The Kier molecular flexibility index (Phi) is 5.12. The Balaban J connectivity index is 1.55. The summed E-state index contributed by atoms with van der Waals surface area (Å²) in [5.41, 5.74) is 0.285. The fourth-order valence-corrected chi connectivity index (χ4v) is 3.52. The van der Waals surface area contributed by atoms with Crippen molar-refractivity contribution in [3.8, 4) is 5.75 Å². The summed E-state index contributed by atoms with van der Waals surface area (Å²) < 4.78 is 40.2. The van der Waals surface area contributed by atoms with E-state index in [1.54, 1.807) is 17.5 Å². The number of rotatable bonds is 5. The molecule has 0 saturated carbocycles. The van der Waals surface area contributed by atoms with Crippen LogP contribution in [0.5, 0.6) is 5.75 Å². The van der Waals surface area contributed by atoms with Crippen LogP contribution in [0.1, 0.15) is 23.2 Å². The van der Waals surface area contributed by atoms with Gasteiger partial charge in [0.2, 0.25) is 0 Å². The second-order valence-corrected chi connectivity index (χ2v) is 6.46. The van der Waals surface area contributed by atoms with Crippen LogP contribution in [0.4, 0.5) is 18.3 Å². The molecule has 1 atom stereocenters. The molecule has 1 N–H and O–H groups in total. The van der Waals surface area contributed by atoms with Crippen LogP contribution in [0.25, 0.3) is 0 Å². The van der Waals surface area contributed by atoms with E-state index in [-0.39, 0.29) is 23.3 Å². The van der Waals surface area contributed by atoms with Crippen molar-refractivity contribution in [3.63, 3.8) is 0 Å². The summed E-state index contributed by atoms with van der Waals surface area (Å²) in [7, 11) is 0. The first-order valence-electron chi connectivity index (χ1n) is 7.72. The molecule has 1 aliphatic rings. The maximum absolute atomic E-state index is 12.2. The minimum absolute atomic E-state index is 0.169. The second kappa shape index (κ2) is 7.30. The Morgan fingerprint density at radius 2 is 2.12 bits per heavy atom. The van der Waals surface area contributed by atoms with Gasteiger partial charge in [0.15, 0.2) is 5.13 Å². The van der Waals surface area contributed by atoms with Crippen molar-refractivity contribution < 1.29 is 22.7 Å². The van der Waals surface area contributed by atoms with Crippen LogP contribution in [-0.2, 0) is 0 Å². The van der Waals surface area contributed by atoms with E-state index in [4.69, 9.17) is 0 Å². The molecule has 1 fully saturated rings. The van der Waals surface area contributed by atoms with Crippen LogP contribution in [0, 0.1) is 0 Å². The molecule has 3 rings (SSSR count). The zero-order chi connectivity index (χ0) is 17.9. The Hall–Kier alpha value is -2.29. The lowest BCUT2D eigenvalue weighted by Crippen LogP contribution is -2.40. The van der Waals surface area contributed by atoms with Gasteiger partial charge in [-0.15, -0.1) is 24.5 Å². The molecule has 1 amide bonds. The molecule has 5 nitrogen and oxygen atoms in total. The Bertz CT molecular complexity index is 704. The van der Waals surface area contributed by atoms with Gasteiger partial charge in [-0.05, 0) is 37.1 Å². The molecule has 1 aromatic heterocycles. The number of nitrogens with zero attached hydrogens (tertiary/aromatic N) is 2. The molecule has 0 radical (unpaired) electrons. The molecule has 1 unspecified atom stereocenters. The van der Waals surface area contributed by atoms with Crippen molar-refractivity contribution in [3.05, 3.63) is 41.4 Å². The third kappa shape index (κ3) is 4.62. The monoisotopic (exact) mass is 371 g/mol. The molecule has 2 heterocycles. The number of halogens is 3. The van der Waals surface area contributed by atoms with Crippen molar-refractivity contribution in [1.29, 1.82) is 0 Å². The van der Waals surface area contributed by atoms with Gasteiger partial charge in [-0.1, -0.05) is 0 Å². The number of anilines is 1. The summed E-state index contributed by atoms with van der Waals surface area (Å²) >= 11 is 1.56. The molecule has 134 valence electrons. The lowest BCUT2D eigenvalue weighted by Gasteiger charge is -2.24. The molecule has 0 spiro atoms. The number of amides is 1. The van der Waals surface area contributed by atoms with E-state index in [1.807, 2.05) is 5.38 Å². The van der Waals surface area contributed by atoms with E-state index in [0.29, 0.717) is 6.54 Å². The van der Waals surface area contributed by atoms with Crippen molar-refractivity contribution in [2.24, 2.45) is 0 Å². The number of carbonyl (C=O) groups excluding carboxylic acids is 1. The SMILES string of the molecule is O=C(NCC1CCCN1c1nccs1)c1ccc(OC(F)(F)F)cc1. The number of nitrogens with one attached hydrogen (secondary N) is 1. The van der Waals surface area contributed by atoms with Crippen molar-refractivity contribution in [2.45, 2.75) is 25.2 Å². The van der Waals surface area contributed by atoms with E-state index in [0.717, 1.165) is 36.7 Å². The minimum atomic E-state index is -4.74. The fraction of sp³-hybridized carbons (Fsp3) is 0.375. The van der Waals surface area contributed by atoms with Crippen LogP contribution in [0.2, 0.25) is 0 Å². The highest BCUT2D eigenvalue weighted by Gasteiger charge is 2.31. The first kappa shape index (κ1) is 17.5. The minimum Gasteiger partial charge on any atom is -0.406 e. The molecule has 0 bridgehead atoms. The average Bonchev–Trinajstić information content (AvgIpc) is 3.22. The maximum atomic E-state index is 12.2. The number of hydrogen-bond acceptors (Lipinski definition) is 5. The predicted molar refractivity (Wildman–Crippen MR) is 87.9 cm³/mol. The molecule has 1 saturated heterocycles. The quantitative estimate of drug-likeness (QED) is 0.875. The van der Waals surface area contributed by atoms with Crippen LogP contribution in [0.15, 0.2) is 35.8 Å². The molecule has 0 aliphatic carbocycles. The third-order valence-electron chi connectivity index (χ3n) is 3.89. The van der Waals surface area contributed by atoms with Gasteiger partial charge in [-0.3, -0.25) is 4.79 Å². The van der Waals surface area contributed by atoms with Crippen LogP contribution in [-0.4, -0.2) is 36.4 Å². The maximum Gasteiger partial charge on any atom is 0.573 e. The van der Waals surface area contributed by atoms with E-state index >= 15 is 0 Å². The number of benzene rings is 1. The first-order chi connectivity index (χ1) is 11.9. The fourth-order valence-electron chi connectivity index (χ4n) is 2.78. The molecule has 9 heteroatoms. The van der Waals surface area contributed by atoms with Crippen molar-refractivity contribution >= 4 is 22.4 Å². The lowest BCUT2D eigenvalue weighted by atomic mass is 10.2. The summed E-state index contributed by atoms with van der Waals surface area (Å²) in [6, 6.07) is 5.04. The van der Waals surface area contributed by atoms with Gasteiger partial charge in [-0.2, -0.15) is 0 Å². The van der Waals surface area contributed by atoms with E-state index in [9.17, 15) is 18.0 Å². The number of aromatic nitrogens is 1. The van der Waals surface area contributed by atoms with Gasteiger partial charge < -0.3 is 15.0 Å². The predicted octanol–water partition coefficient (Wildman–Crippen LogP) is 3.44. The zero-order valence-corrected chi connectivity index (χ0v) is 13.9. The molecule has 1 aliphatic heterocycles. The summed E-state index contributed by atoms with van der Waals surface area (Å²) in [5.74, 6) is -0.681. The summed E-state index contributed by atoms with van der Waals surface area (Å²) in [6.45, 7) is 1.36. The molecule has 2 aromatic rings. The number of ether oxygens (including phenoxy) is 1. The molecule has 1 aromatic carbocycles. The van der Waals surface area contributed by atoms with E-state index < -0.39 is 6.36 Å². The normalized spacial score (nSPS) is 17.6. The van der Waals surface area contributed by atoms with Gasteiger partial charge in [0, 0.05) is 36.3 Å². The average molecular weight is 371 g/mol. The number of hydrogen-bond donors (Lipinski definition) is 1. The number of alkyl halides is 3. The van der Waals surface area contributed by atoms with Gasteiger partial charge in [0.25, 0.3) is 5.91 Å². The molecular weight excluding hydrogens is 355 g/mol. The van der Waals surface area contributed by atoms with Gasteiger partial charge in [-0.25, -0.2) is 4.98 Å². The second-order valence-electron chi connectivity index (χ2n) is 5.59. The topological polar surface area (TPSA) is 54.5 Å². The summed E-state index contributed by atoms with van der Waals surface area (Å²) in [6.07, 6.45) is -1.01. The highest BCUT2D eigenvalue weighted by molar-refractivity contribution is 7.13. The Morgan fingerprint density at radius 1 is 1.36 bits per heavy atom.